The van der Waals surface area contributed by atoms with E-state index in [4.69, 9.17) is 23.8 Å². The Bertz CT molecular complexity index is 4200. The van der Waals surface area contributed by atoms with E-state index in [1.54, 1.807) is 0 Å². The van der Waals surface area contributed by atoms with Crippen molar-refractivity contribution < 1.29 is 8.83 Å². The average Bonchev–Trinajstić information content (AvgIpc) is 4.11. The summed E-state index contributed by atoms with van der Waals surface area (Å²) in [7, 11) is 0. The molecule has 7 heteroatoms. The van der Waals surface area contributed by atoms with E-state index in [0.717, 1.165) is 115 Å². The van der Waals surface area contributed by atoms with Crippen molar-refractivity contribution in [3.05, 3.63) is 200 Å². The van der Waals surface area contributed by atoms with Crippen LogP contribution in [0.15, 0.2) is 209 Å². The maximum Gasteiger partial charge on any atom is 0.238 e. The lowest BCUT2D eigenvalue weighted by Gasteiger charge is -2.13. The van der Waals surface area contributed by atoms with Gasteiger partial charge in [-0.2, -0.15) is 9.97 Å². The summed E-state index contributed by atoms with van der Waals surface area (Å²) in [6.45, 7) is 0. The van der Waals surface area contributed by atoms with Crippen LogP contribution >= 0.6 is 0 Å². The van der Waals surface area contributed by atoms with Gasteiger partial charge in [-0.05, 0) is 59.7 Å². The first-order valence-corrected chi connectivity index (χ1v) is 21.4. The summed E-state index contributed by atoms with van der Waals surface area (Å²) >= 11 is 0. The van der Waals surface area contributed by atoms with Crippen LogP contribution in [0.3, 0.4) is 0 Å². The first kappa shape index (κ1) is 34.9. The number of hydrogen-bond acceptors (Lipinski definition) is 5. The maximum absolute atomic E-state index is 6.72. The van der Waals surface area contributed by atoms with Crippen molar-refractivity contribution in [1.29, 1.82) is 0 Å². The van der Waals surface area contributed by atoms with Crippen LogP contribution in [-0.2, 0) is 0 Å². The largest absolute Gasteiger partial charge is 0.456 e. The lowest BCUT2D eigenvalue weighted by atomic mass is 10.0. The number of para-hydroxylation sites is 3. The first-order chi connectivity index (χ1) is 31.7. The summed E-state index contributed by atoms with van der Waals surface area (Å²) in [6.07, 6.45) is 0. The molecule has 0 N–H and O–H groups in total. The highest BCUT2D eigenvalue weighted by atomic mass is 16.3. The van der Waals surface area contributed by atoms with Crippen LogP contribution < -0.4 is 0 Å². The van der Waals surface area contributed by atoms with Crippen LogP contribution in [0.4, 0.5) is 0 Å². The molecule has 0 radical (unpaired) electrons. The maximum atomic E-state index is 6.72. The lowest BCUT2D eigenvalue weighted by Crippen LogP contribution is -2.07. The van der Waals surface area contributed by atoms with Crippen LogP contribution in [-0.4, -0.2) is 24.1 Å². The van der Waals surface area contributed by atoms with Crippen LogP contribution in [0, 0.1) is 0 Å². The molecule has 0 bridgehead atoms. The number of aromatic nitrogens is 5. The van der Waals surface area contributed by atoms with Crippen LogP contribution in [0.5, 0.6) is 0 Å². The fourth-order valence-electron chi connectivity index (χ4n) is 9.95. The SMILES string of the molecule is c1ccc(-c2ccc3c(c2)oc2cc(-n4c5ccccc5c5ccc6c7ccccc7n(-c7nc(-c8ccccc8)nc(-c8cccc9oc%10ccccc%10c89)n7)c6c54)ccc23)cc1. The van der Waals surface area contributed by atoms with Gasteiger partial charge in [0.25, 0.3) is 0 Å². The molecule has 0 aliphatic heterocycles. The lowest BCUT2D eigenvalue weighted by molar-refractivity contribution is 0.668. The van der Waals surface area contributed by atoms with E-state index < -0.39 is 0 Å². The second-order valence-corrected chi connectivity index (χ2v) is 16.3. The third-order valence-corrected chi connectivity index (χ3v) is 12.8. The molecule has 9 aromatic carbocycles. The number of fused-ring (bicyclic) bond motifs is 13. The van der Waals surface area contributed by atoms with Crippen molar-refractivity contribution in [2.45, 2.75) is 0 Å². The predicted octanol–water partition coefficient (Wildman–Crippen LogP) is 14.9. The van der Waals surface area contributed by atoms with Crippen LogP contribution in [0.25, 0.3) is 133 Å². The summed E-state index contributed by atoms with van der Waals surface area (Å²) in [5.74, 6) is 1.66. The topological polar surface area (TPSA) is 74.8 Å². The van der Waals surface area contributed by atoms with Gasteiger partial charge in [0.2, 0.25) is 5.95 Å². The molecule has 5 aromatic heterocycles. The number of hydrogen-bond donors (Lipinski definition) is 0. The van der Waals surface area contributed by atoms with E-state index in [1.807, 2.05) is 54.6 Å². The van der Waals surface area contributed by atoms with Crippen molar-refractivity contribution in [3.8, 4) is 45.5 Å². The molecule has 64 heavy (non-hydrogen) atoms. The van der Waals surface area contributed by atoms with E-state index in [1.165, 1.54) is 0 Å². The molecular formula is C57H33N5O2. The third-order valence-electron chi connectivity index (χ3n) is 12.8. The van der Waals surface area contributed by atoms with E-state index in [2.05, 4.69) is 155 Å². The Hall–Kier alpha value is -8.81. The van der Waals surface area contributed by atoms with Gasteiger partial charge in [0, 0.05) is 60.3 Å². The zero-order valence-electron chi connectivity index (χ0n) is 34.1. The molecule has 14 rings (SSSR count). The molecule has 0 aliphatic carbocycles. The van der Waals surface area contributed by atoms with Gasteiger partial charge in [0.05, 0.1) is 27.8 Å². The predicted molar refractivity (Wildman–Crippen MR) is 259 cm³/mol. The molecule has 0 saturated heterocycles. The molecule has 298 valence electrons. The average molecular weight is 820 g/mol. The molecule has 5 heterocycles. The second kappa shape index (κ2) is 13.3. The first-order valence-electron chi connectivity index (χ1n) is 21.4. The van der Waals surface area contributed by atoms with E-state index >= 15 is 0 Å². The molecule has 0 spiro atoms. The standard InChI is InChI=1S/C57H33N5O2/c1-3-14-34(15-4-1)36-26-28-40-41-29-27-37(33-51(41)64-50(40)32-36)61-46-22-10-7-18-38(46)42-30-31-43-39-19-8-11-23-47(39)62(54(43)53(42)61)57-59-55(35-16-5-2-6-17-35)58-56(60-57)45-21-13-25-49-52(45)44-20-9-12-24-48(44)63-49/h1-33H. The van der Waals surface area contributed by atoms with Gasteiger partial charge in [-0.15, -0.1) is 0 Å². The Morgan fingerprint density at radius 3 is 1.66 bits per heavy atom. The Morgan fingerprint density at radius 2 is 0.891 bits per heavy atom. The fraction of sp³-hybridized carbons (Fsp3) is 0. The molecule has 7 nitrogen and oxygen atoms in total. The van der Waals surface area contributed by atoms with Gasteiger partial charge < -0.3 is 13.4 Å². The summed E-state index contributed by atoms with van der Waals surface area (Å²) in [4.78, 5) is 16.0. The Labute approximate surface area is 364 Å². The van der Waals surface area contributed by atoms with E-state index in [0.29, 0.717) is 17.6 Å². The summed E-state index contributed by atoms with van der Waals surface area (Å²) < 4.78 is 17.7. The second-order valence-electron chi connectivity index (χ2n) is 16.3. The monoisotopic (exact) mass is 819 g/mol. The van der Waals surface area contributed by atoms with Crippen molar-refractivity contribution >= 4 is 87.5 Å². The highest BCUT2D eigenvalue weighted by molar-refractivity contribution is 6.24. The zero-order chi connectivity index (χ0) is 41.9. The molecule has 0 atom stereocenters. The minimum Gasteiger partial charge on any atom is -0.456 e. The van der Waals surface area contributed by atoms with Crippen molar-refractivity contribution in [2.24, 2.45) is 0 Å². The minimum atomic E-state index is 0.520. The van der Waals surface area contributed by atoms with Crippen molar-refractivity contribution in [1.82, 2.24) is 24.1 Å². The van der Waals surface area contributed by atoms with Gasteiger partial charge in [-0.3, -0.25) is 4.57 Å². The zero-order valence-corrected chi connectivity index (χ0v) is 34.1. The van der Waals surface area contributed by atoms with Crippen molar-refractivity contribution in [3.63, 3.8) is 0 Å². The third kappa shape index (κ3) is 5.06. The fourth-order valence-corrected chi connectivity index (χ4v) is 9.95. The Morgan fingerprint density at radius 1 is 0.328 bits per heavy atom. The summed E-state index contributed by atoms with van der Waals surface area (Å²) in [6, 6.07) is 69.6. The quantitative estimate of drug-likeness (QED) is 0.173. The normalized spacial score (nSPS) is 12.1. The van der Waals surface area contributed by atoms with Gasteiger partial charge in [0.1, 0.15) is 22.3 Å². The van der Waals surface area contributed by atoms with Crippen LogP contribution in [0.1, 0.15) is 0 Å². The van der Waals surface area contributed by atoms with Crippen LogP contribution in [0.2, 0.25) is 0 Å². The molecule has 0 amide bonds. The number of nitrogens with zero attached hydrogens (tertiary/aromatic N) is 5. The van der Waals surface area contributed by atoms with Gasteiger partial charge in [-0.25, -0.2) is 4.98 Å². The highest BCUT2D eigenvalue weighted by Gasteiger charge is 2.25. The smallest absolute Gasteiger partial charge is 0.238 e. The van der Waals surface area contributed by atoms with Crippen molar-refractivity contribution in [2.75, 3.05) is 0 Å². The highest BCUT2D eigenvalue weighted by Crippen LogP contribution is 2.43. The molecule has 0 unspecified atom stereocenters. The Kier molecular flexibility index (Phi) is 7.27. The van der Waals surface area contributed by atoms with E-state index in [9.17, 15) is 0 Å². The molecule has 0 fully saturated rings. The summed E-state index contributed by atoms with van der Waals surface area (Å²) in [5, 5.41) is 8.61. The molecule has 14 aromatic rings. The number of rotatable bonds is 5. The van der Waals surface area contributed by atoms with Gasteiger partial charge >= 0.3 is 0 Å². The Balaban J connectivity index is 1.07. The van der Waals surface area contributed by atoms with E-state index in [-0.39, 0.29) is 0 Å². The molecule has 0 saturated carbocycles. The molecular weight excluding hydrogens is 787 g/mol. The van der Waals surface area contributed by atoms with Gasteiger partial charge in [-0.1, -0.05) is 146 Å². The minimum absolute atomic E-state index is 0.520. The van der Waals surface area contributed by atoms with Gasteiger partial charge in [0.15, 0.2) is 11.6 Å². The molecule has 0 aliphatic rings. The number of furan rings is 2. The number of benzene rings is 9. The summed E-state index contributed by atoms with van der Waals surface area (Å²) in [5.41, 5.74) is 12.4.